The van der Waals surface area contributed by atoms with Crippen LogP contribution in [0.25, 0.3) is 0 Å². The molecular formula is C20H23BN6O2. The molecule has 0 radical (unpaired) electrons. The lowest BCUT2D eigenvalue weighted by molar-refractivity contribution is 0.425. The summed E-state index contributed by atoms with van der Waals surface area (Å²) in [5.74, 6) is 1.04. The monoisotopic (exact) mass is 390 g/mol. The summed E-state index contributed by atoms with van der Waals surface area (Å²) in [6, 6.07) is 13.4. The molecule has 1 atom stereocenters. The number of fused-ring (bicyclic) bond motifs is 1. The Morgan fingerprint density at radius 2 is 2.03 bits per heavy atom. The number of hydrogen-bond acceptors (Lipinski definition) is 8. The topological polar surface area (TPSA) is 120 Å². The van der Waals surface area contributed by atoms with E-state index in [0.717, 1.165) is 23.2 Å². The molecule has 0 saturated heterocycles. The molecule has 1 aliphatic rings. The lowest BCUT2D eigenvalue weighted by atomic mass is 9.80. The van der Waals surface area contributed by atoms with Gasteiger partial charge in [0.15, 0.2) is 0 Å². The van der Waals surface area contributed by atoms with Gasteiger partial charge < -0.3 is 26.0 Å². The van der Waals surface area contributed by atoms with Crippen molar-refractivity contribution in [2.75, 3.05) is 10.2 Å². The van der Waals surface area contributed by atoms with E-state index >= 15 is 0 Å². The highest BCUT2D eigenvalue weighted by molar-refractivity contribution is 6.58. The Hall–Kier alpha value is -3.01. The van der Waals surface area contributed by atoms with E-state index in [2.05, 4.69) is 44.2 Å². The van der Waals surface area contributed by atoms with E-state index in [4.69, 9.17) is 5.73 Å². The van der Waals surface area contributed by atoms with E-state index in [9.17, 15) is 10.0 Å². The van der Waals surface area contributed by atoms with Crippen molar-refractivity contribution in [2.45, 2.75) is 32.5 Å². The van der Waals surface area contributed by atoms with Crippen molar-refractivity contribution in [3.05, 3.63) is 65.5 Å². The van der Waals surface area contributed by atoms with Crippen molar-refractivity contribution < 1.29 is 10.0 Å². The first kappa shape index (κ1) is 19.3. The molecule has 0 amide bonds. The van der Waals surface area contributed by atoms with Gasteiger partial charge in [-0.15, -0.1) is 0 Å². The van der Waals surface area contributed by atoms with Crippen LogP contribution in [-0.2, 0) is 19.5 Å². The molecule has 29 heavy (non-hydrogen) atoms. The largest absolute Gasteiger partial charge is 0.488 e. The second-order valence-electron chi connectivity index (χ2n) is 7.12. The van der Waals surface area contributed by atoms with E-state index in [1.54, 1.807) is 18.2 Å². The Bertz CT molecular complexity index is 1020. The molecule has 0 bridgehead atoms. The molecule has 0 saturated carbocycles. The summed E-state index contributed by atoms with van der Waals surface area (Å²) in [6.07, 6.45) is 2.39. The van der Waals surface area contributed by atoms with Crippen LogP contribution >= 0.6 is 0 Å². The average molecular weight is 390 g/mol. The first-order valence-corrected chi connectivity index (χ1v) is 9.54. The maximum absolute atomic E-state index is 9.32. The summed E-state index contributed by atoms with van der Waals surface area (Å²) in [6.45, 7) is 3.10. The van der Waals surface area contributed by atoms with Crippen molar-refractivity contribution in [3.63, 3.8) is 0 Å². The Morgan fingerprint density at radius 3 is 2.83 bits per heavy atom. The number of rotatable bonds is 6. The summed E-state index contributed by atoms with van der Waals surface area (Å²) in [7, 11) is -1.49. The average Bonchev–Trinajstić information content (AvgIpc) is 3.08. The zero-order chi connectivity index (χ0) is 20.4. The molecule has 2 aromatic carbocycles. The molecule has 1 aromatic heterocycles. The maximum atomic E-state index is 9.32. The fourth-order valence-electron chi connectivity index (χ4n) is 3.74. The standard InChI is InChI=1S/C20H23BN6O2/c1-13-8-17-15(10-22)5-3-7-18(17)27(13)20-25-12-24-19(26-20)23-11-14-4-2-6-16(9-14)21(28)29/h2-7,9,12-13,28-29H,8,10-11,22H2,1H3,(H,23,24,25,26). The number of anilines is 3. The molecule has 148 valence electrons. The third kappa shape index (κ3) is 3.93. The summed E-state index contributed by atoms with van der Waals surface area (Å²) < 4.78 is 0. The predicted molar refractivity (Wildman–Crippen MR) is 113 cm³/mol. The third-order valence-corrected chi connectivity index (χ3v) is 5.14. The quantitative estimate of drug-likeness (QED) is 0.454. The minimum Gasteiger partial charge on any atom is -0.423 e. The normalized spacial score (nSPS) is 15.3. The second-order valence-corrected chi connectivity index (χ2v) is 7.12. The van der Waals surface area contributed by atoms with Crippen molar-refractivity contribution in [2.24, 2.45) is 5.73 Å². The Morgan fingerprint density at radius 1 is 1.21 bits per heavy atom. The Balaban J connectivity index is 1.55. The first-order valence-electron chi connectivity index (χ1n) is 9.54. The SMILES string of the molecule is CC1Cc2c(CN)cccc2N1c1ncnc(NCc2cccc(B(O)O)c2)n1. The molecule has 1 aliphatic heterocycles. The molecule has 1 unspecified atom stereocenters. The predicted octanol–water partition coefficient (Wildman–Crippen LogP) is 0.705. The summed E-state index contributed by atoms with van der Waals surface area (Å²) >= 11 is 0. The third-order valence-electron chi connectivity index (χ3n) is 5.14. The van der Waals surface area contributed by atoms with Gasteiger partial charge in [-0.3, -0.25) is 0 Å². The second kappa shape index (κ2) is 8.16. The number of nitrogens with zero attached hydrogens (tertiary/aromatic N) is 4. The lowest BCUT2D eigenvalue weighted by Crippen LogP contribution is -2.30. The molecule has 0 spiro atoms. The highest BCUT2D eigenvalue weighted by Gasteiger charge is 2.30. The highest BCUT2D eigenvalue weighted by atomic mass is 16.4. The molecular weight excluding hydrogens is 367 g/mol. The van der Waals surface area contributed by atoms with E-state index in [-0.39, 0.29) is 6.04 Å². The fraction of sp³-hybridized carbons (Fsp3) is 0.250. The van der Waals surface area contributed by atoms with Crippen molar-refractivity contribution >= 4 is 30.2 Å². The summed E-state index contributed by atoms with van der Waals surface area (Å²) in [5.41, 5.74) is 10.7. The molecule has 3 aromatic rings. The zero-order valence-corrected chi connectivity index (χ0v) is 16.2. The highest BCUT2D eigenvalue weighted by Crippen LogP contribution is 2.38. The van der Waals surface area contributed by atoms with Gasteiger partial charge in [0.2, 0.25) is 11.9 Å². The molecule has 0 fully saturated rings. The maximum Gasteiger partial charge on any atom is 0.488 e. The summed E-state index contributed by atoms with van der Waals surface area (Å²) in [4.78, 5) is 15.3. The van der Waals surface area contributed by atoms with Crippen molar-refractivity contribution in [1.82, 2.24) is 15.0 Å². The van der Waals surface area contributed by atoms with Gasteiger partial charge in [0.1, 0.15) is 6.33 Å². The number of nitrogens with two attached hydrogens (primary N) is 1. The number of nitrogens with one attached hydrogen (secondary N) is 1. The number of benzene rings is 2. The van der Waals surface area contributed by atoms with Crippen LogP contribution < -0.4 is 21.4 Å². The van der Waals surface area contributed by atoms with Gasteiger partial charge in [-0.1, -0.05) is 36.4 Å². The molecule has 9 heteroatoms. The van der Waals surface area contributed by atoms with E-state index in [1.165, 1.54) is 11.9 Å². The van der Waals surface area contributed by atoms with Crippen LogP contribution in [0.3, 0.4) is 0 Å². The molecule has 8 nitrogen and oxygen atoms in total. The van der Waals surface area contributed by atoms with Crippen LogP contribution in [0, 0.1) is 0 Å². The van der Waals surface area contributed by atoms with Crippen molar-refractivity contribution in [1.29, 1.82) is 0 Å². The van der Waals surface area contributed by atoms with Crippen LogP contribution in [0.4, 0.5) is 17.6 Å². The number of hydrogen-bond donors (Lipinski definition) is 4. The zero-order valence-electron chi connectivity index (χ0n) is 16.2. The van der Waals surface area contributed by atoms with E-state index in [0.29, 0.717) is 30.4 Å². The van der Waals surface area contributed by atoms with E-state index in [1.807, 2.05) is 12.1 Å². The lowest BCUT2D eigenvalue weighted by Gasteiger charge is -2.22. The minimum atomic E-state index is -1.49. The van der Waals surface area contributed by atoms with Gasteiger partial charge in [0, 0.05) is 24.8 Å². The summed E-state index contributed by atoms with van der Waals surface area (Å²) in [5, 5.41) is 21.8. The van der Waals surface area contributed by atoms with Gasteiger partial charge in [0.25, 0.3) is 0 Å². The van der Waals surface area contributed by atoms with Gasteiger partial charge >= 0.3 is 7.12 Å². The Labute approximate surface area is 169 Å². The Kier molecular flexibility index (Phi) is 5.44. The van der Waals surface area contributed by atoms with Gasteiger partial charge in [0.05, 0.1) is 0 Å². The van der Waals surface area contributed by atoms with Crippen LogP contribution in [0.1, 0.15) is 23.6 Å². The van der Waals surface area contributed by atoms with Gasteiger partial charge in [-0.25, -0.2) is 9.97 Å². The minimum absolute atomic E-state index is 0.218. The van der Waals surface area contributed by atoms with Gasteiger partial charge in [-0.05, 0) is 41.6 Å². The number of aromatic nitrogens is 3. The smallest absolute Gasteiger partial charge is 0.423 e. The first-order chi connectivity index (χ1) is 14.1. The van der Waals surface area contributed by atoms with Crippen LogP contribution in [0.2, 0.25) is 0 Å². The van der Waals surface area contributed by atoms with Crippen molar-refractivity contribution in [3.8, 4) is 0 Å². The fourth-order valence-corrected chi connectivity index (χ4v) is 3.74. The van der Waals surface area contributed by atoms with Crippen LogP contribution in [0.15, 0.2) is 48.8 Å². The molecule has 0 aliphatic carbocycles. The van der Waals surface area contributed by atoms with Gasteiger partial charge in [-0.2, -0.15) is 4.98 Å². The van der Waals surface area contributed by atoms with Crippen LogP contribution in [-0.4, -0.2) is 38.2 Å². The van der Waals surface area contributed by atoms with Crippen LogP contribution in [0.5, 0.6) is 0 Å². The molecule has 2 heterocycles. The molecule has 5 N–H and O–H groups in total. The van der Waals surface area contributed by atoms with E-state index < -0.39 is 7.12 Å². The molecule has 4 rings (SSSR count).